The first-order chi connectivity index (χ1) is 18.9. The summed E-state index contributed by atoms with van der Waals surface area (Å²) in [6.45, 7) is 23.4. The zero-order valence-electron chi connectivity index (χ0n) is 27.8. The molecule has 0 atom stereocenters. The Kier molecular flexibility index (Phi) is 8.39. The van der Waals surface area contributed by atoms with E-state index in [9.17, 15) is 15.6 Å². The molecule has 4 rings (SSSR count). The van der Waals surface area contributed by atoms with Crippen molar-refractivity contribution in [3.8, 4) is 6.01 Å². The molecule has 2 N–H and O–H groups in total. The molecule has 3 fully saturated rings. The highest BCUT2D eigenvalue weighted by atomic mass is 16.5. The standard InChI is InChI=1S/C30H53N8O4/c1-25(2)13-19(14-26(3,4)36(25)39)31-22-33-23(32-20-15-27(5,6)37(40)28(7,8)16-20)35-24(34-22)42-21-17-29(9,10)38(41)30(11,12)18-21/h19-21H,13-18H2,1-12H3,(H2,31,32,33,34,35). The summed E-state index contributed by atoms with van der Waals surface area (Å²) in [6.07, 6.45) is 3.31. The van der Waals surface area contributed by atoms with E-state index < -0.39 is 33.2 Å². The highest BCUT2D eigenvalue weighted by Crippen LogP contribution is 2.41. The SMILES string of the molecule is CC1(C)CC(Nc2nc(NC3CC(C)(C)N([O])C(C)(C)C3)nc(OC3CC(C)(C)N([O])C(C)(C)C3)n2)CC(C)(C)N1[O]. The van der Waals surface area contributed by atoms with Crippen molar-refractivity contribution in [2.24, 2.45) is 0 Å². The quantitative estimate of drug-likeness (QED) is 0.459. The molecular weight excluding hydrogens is 536 g/mol. The van der Waals surface area contributed by atoms with Gasteiger partial charge in [0.2, 0.25) is 11.9 Å². The lowest BCUT2D eigenvalue weighted by molar-refractivity contribution is -0.297. The number of nitrogens with zero attached hydrogens (tertiary/aromatic N) is 6. The molecule has 0 saturated carbocycles. The van der Waals surface area contributed by atoms with Gasteiger partial charge in [0.1, 0.15) is 6.10 Å². The van der Waals surface area contributed by atoms with Crippen LogP contribution in [-0.4, -0.2) is 81.6 Å². The van der Waals surface area contributed by atoms with Gasteiger partial charge in [-0.25, -0.2) is 0 Å². The third kappa shape index (κ3) is 6.78. The summed E-state index contributed by atoms with van der Waals surface area (Å²) >= 11 is 0. The van der Waals surface area contributed by atoms with E-state index >= 15 is 0 Å². The second-order valence-corrected chi connectivity index (χ2v) is 16.7. The number of nitrogens with one attached hydrogen (secondary N) is 2. The monoisotopic (exact) mass is 589 g/mol. The van der Waals surface area contributed by atoms with Crippen molar-refractivity contribution in [3.63, 3.8) is 0 Å². The maximum Gasteiger partial charge on any atom is 0.323 e. The van der Waals surface area contributed by atoms with Crippen molar-refractivity contribution in [3.05, 3.63) is 0 Å². The Balaban J connectivity index is 1.63. The van der Waals surface area contributed by atoms with Crippen LogP contribution >= 0.6 is 0 Å². The summed E-state index contributed by atoms with van der Waals surface area (Å²) in [5, 5.41) is 49.3. The predicted molar refractivity (Wildman–Crippen MR) is 159 cm³/mol. The first-order valence-electron chi connectivity index (χ1n) is 15.3. The number of hydrogen-bond acceptors (Lipinski definition) is 9. The van der Waals surface area contributed by atoms with Gasteiger partial charge in [0.15, 0.2) is 0 Å². The summed E-state index contributed by atoms with van der Waals surface area (Å²) in [6, 6.07) is 0.114. The van der Waals surface area contributed by atoms with Gasteiger partial charge in [0.05, 0.1) is 0 Å². The van der Waals surface area contributed by atoms with E-state index in [1.165, 1.54) is 15.2 Å². The average Bonchev–Trinajstić information content (AvgIpc) is 2.78. The van der Waals surface area contributed by atoms with Crippen LogP contribution in [0.3, 0.4) is 0 Å². The minimum atomic E-state index is -0.603. The van der Waals surface area contributed by atoms with Crippen LogP contribution in [-0.2, 0) is 15.6 Å². The number of ether oxygens (including phenoxy) is 1. The average molecular weight is 590 g/mol. The molecule has 3 aliphatic heterocycles. The summed E-state index contributed by atoms with van der Waals surface area (Å²) in [5.74, 6) is 0.746. The third-order valence-electron chi connectivity index (χ3n) is 9.29. The van der Waals surface area contributed by atoms with Gasteiger partial charge in [0, 0.05) is 58.2 Å². The maximum atomic E-state index is 12.9. The van der Waals surface area contributed by atoms with Gasteiger partial charge in [-0.2, -0.15) is 15.0 Å². The fraction of sp³-hybridized carbons (Fsp3) is 0.900. The molecule has 3 radical (unpaired) electrons. The van der Waals surface area contributed by atoms with Gasteiger partial charge in [-0.15, -0.1) is 30.8 Å². The highest BCUT2D eigenvalue weighted by Gasteiger charge is 2.49. The fourth-order valence-corrected chi connectivity index (χ4v) is 8.04. The molecule has 12 nitrogen and oxygen atoms in total. The molecule has 4 heterocycles. The molecule has 0 aromatic carbocycles. The van der Waals surface area contributed by atoms with E-state index in [2.05, 4.69) is 20.6 Å². The molecule has 1 aromatic heterocycles. The van der Waals surface area contributed by atoms with Crippen molar-refractivity contribution >= 4 is 11.9 Å². The minimum Gasteiger partial charge on any atom is -0.460 e. The Morgan fingerprint density at radius 1 is 0.524 bits per heavy atom. The lowest BCUT2D eigenvalue weighted by Gasteiger charge is -2.50. The molecule has 0 bridgehead atoms. The van der Waals surface area contributed by atoms with E-state index in [1.807, 2.05) is 83.1 Å². The Morgan fingerprint density at radius 3 is 1.12 bits per heavy atom. The molecular formula is C30H53N8O4. The lowest BCUT2D eigenvalue weighted by atomic mass is 9.79. The number of anilines is 2. The van der Waals surface area contributed by atoms with Crippen molar-refractivity contribution in [1.82, 2.24) is 30.1 Å². The number of piperidine rings is 3. The second-order valence-electron chi connectivity index (χ2n) is 16.7. The normalized spacial score (nSPS) is 28.4. The molecule has 0 amide bonds. The molecule has 12 heteroatoms. The molecule has 3 aliphatic rings. The van der Waals surface area contributed by atoms with Crippen LogP contribution in [0, 0.1) is 0 Å². The Morgan fingerprint density at radius 2 is 0.810 bits per heavy atom. The van der Waals surface area contributed by atoms with Crippen LogP contribution in [0.4, 0.5) is 11.9 Å². The summed E-state index contributed by atoms with van der Waals surface area (Å²) in [4.78, 5) is 14.1. The van der Waals surface area contributed by atoms with Crippen molar-refractivity contribution in [2.75, 3.05) is 10.6 Å². The molecule has 237 valence electrons. The molecule has 0 unspecified atom stereocenters. The number of rotatable bonds is 6. The molecule has 0 aliphatic carbocycles. The number of hydrogen-bond donors (Lipinski definition) is 2. The van der Waals surface area contributed by atoms with Crippen molar-refractivity contribution in [1.29, 1.82) is 0 Å². The Labute approximate surface area is 252 Å². The van der Waals surface area contributed by atoms with E-state index in [-0.39, 0.29) is 24.2 Å². The largest absolute Gasteiger partial charge is 0.460 e. The predicted octanol–water partition coefficient (Wildman–Crippen LogP) is 5.18. The van der Waals surface area contributed by atoms with E-state index in [1.54, 1.807) is 0 Å². The van der Waals surface area contributed by atoms with Crippen LogP contribution in [0.15, 0.2) is 0 Å². The highest BCUT2D eigenvalue weighted by molar-refractivity contribution is 5.38. The van der Waals surface area contributed by atoms with Gasteiger partial charge in [0.25, 0.3) is 0 Å². The van der Waals surface area contributed by atoms with Gasteiger partial charge >= 0.3 is 6.01 Å². The maximum absolute atomic E-state index is 12.9. The number of hydroxylamine groups is 6. The molecule has 42 heavy (non-hydrogen) atoms. The first kappa shape index (κ1) is 33.1. The van der Waals surface area contributed by atoms with E-state index in [0.717, 1.165) is 0 Å². The van der Waals surface area contributed by atoms with Crippen LogP contribution in [0.25, 0.3) is 0 Å². The zero-order valence-corrected chi connectivity index (χ0v) is 27.8. The van der Waals surface area contributed by atoms with Crippen LogP contribution < -0.4 is 15.4 Å². The first-order valence-corrected chi connectivity index (χ1v) is 15.3. The van der Waals surface area contributed by atoms with Crippen LogP contribution in [0.5, 0.6) is 6.01 Å². The smallest absolute Gasteiger partial charge is 0.323 e. The number of aromatic nitrogens is 3. The van der Waals surface area contributed by atoms with Gasteiger partial charge in [-0.3, -0.25) is 0 Å². The molecule has 3 saturated heterocycles. The topological polar surface area (TPSA) is 141 Å². The van der Waals surface area contributed by atoms with Gasteiger partial charge in [-0.1, -0.05) is 0 Å². The summed E-state index contributed by atoms with van der Waals surface area (Å²) in [7, 11) is 0. The Hall–Kier alpha value is -1.83. The lowest BCUT2D eigenvalue weighted by Crippen LogP contribution is -2.61. The second kappa shape index (κ2) is 10.7. The van der Waals surface area contributed by atoms with Crippen molar-refractivity contribution < 1.29 is 20.4 Å². The molecule has 1 aromatic rings. The van der Waals surface area contributed by atoms with E-state index in [0.29, 0.717) is 50.4 Å². The van der Waals surface area contributed by atoms with Crippen LogP contribution in [0.2, 0.25) is 0 Å². The van der Waals surface area contributed by atoms with Crippen LogP contribution in [0.1, 0.15) is 122 Å². The van der Waals surface area contributed by atoms with E-state index in [4.69, 9.17) is 9.72 Å². The van der Waals surface area contributed by atoms with Gasteiger partial charge < -0.3 is 15.4 Å². The fourth-order valence-electron chi connectivity index (χ4n) is 8.04. The van der Waals surface area contributed by atoms with Gasteiger partial charge in [-0.05, 0) is 109 Å². The summed E-state index contributed by atoms with van der Waals surface area (Å²) < 4.78 is 6.41. The molecule has 0 spiro atoms. The minimum absolute atomic E-state index is 0.0357. The zero-order chi connectivity index (χ0) is 31.7. The Bertz CT molecular complexity index is 934. The summed E-state index contributed by atoms with van der Waals surface area (Å²) in [5.41, 5.74) is -3.43. The third-order valence-corrected chi connectivity index (χ3v) is 9.29. The van der Waals surface area contributed by atoms with Crippen molar-refractivity contribution in [2.45, 2.75) is 173 Å².